The Morgan fingerprint density at radius 2 is 0.479 bits per heavy atom. The van der Waals surface area contributed by atoms with Gasteiger partial charge in [0, 0.05) is 25.7 Å². The van der Waals surface area contributed by atoms with Crippen LogP contribution in [0.3, 0.4) is 0 Å². The molecule has 2 unspecified atom stereocenters. The Morgan fingerprint density at radius 3 is 0.708 bits per heavy atom. The van der Waals surface area contributed by atoms with Crippen molar-refractivity contribution >= 4 is 39.5 Å². The number of rotatable bonds is 77. The van der Waals surface area contributed by atoms with E-state index in [9.17, 15) is 43.2 Å². The lowest BCUT2D eigenvalue weighted by Gasteiger charge is -2.21. The van der Waals surface area contributed by atoms with Crippen LogP contribution in [0.5, 0.6) is 0 Å². The Labute approximate surface area is 588 Å². The second-order valence-electron chi connectivity index (χ2n) is 28.2. The van der Waals surface area contributed by atoms with E-state index in [1.54, 1.807) is 0 Å². The zero-order valence-corrected chi connectivity index (χ0v) is 64.3. The van der Waals surface area contributed by atoms with Crippen LogP contribution in [-0.4, -0.2) is 96.7 Å². The molecule has 0 spiro atoms. The normalized spacial score (nSPS) is 13.9. The van der Waals surface area contributed by atoms with Crippen LogP contribution in [-0.2, 0) is 65.4 Å². The van der Waals surface area contributed by atoms with Crippen LogP contribution in [0, 0.1) is 5.92 Å². The summed E-state index contributed by atoms with van der Waals surface area (Å²) in [5, 5.41) is 10.6. The molecular weight excluding hydrogens is 1260 g/mol. The molecule has 0 fully saturated rings. The van der Waals surface area contributed by atoms with E-state index in [0.717, 1.165) is 121 Å². The molecule has 5 atom stereocenters. The fourth-order valence-corrected chi connectivity index (χ4v) is 13.5. The molecule has 0 aliphatic heterocycles. The van der Waals surface area contributed by atoms with Gasteiger partial charge >= 0.3 is 39.5 Å². The highest BCUT2D eigenvalue weighted by molar-refractivity contribution is 7.47. The van der Waals surface area contributed by atoms with Crippen molar-refractivity contribution in [2.45, 2.75) is 425 Å². The Hall–Kier alpha value is -1.94. The van der Waals surface area contributed by atoms with Gasteiger partial charge in [0.1, 0.15) is 19.3 Å². The highest BCUT2D eigenvalue weighted by Crippen LogP contribution is 2.45. The number of unbranched alkanes of at least 4 members (excludes halogenated alkanes) is 49. The van der Waals surface area contributed by atoms with Gasteiger partial charge in [0.25, 0.3) is 0 Å². The van der Waals surface area contributed by atoms with Crippen LogP contribution in [0.2, 0.25) is 0 Å². The third-order valence-electron chi connectivity index (χ3n) is 18.0. The van der Waals surface area contributed by atoms with Crippen LogP contribution in [0.15, 0.2) is 0 Å². The molecule has 0 aromatic rings. The molecule has 96 heavy (non-hydrogen) atoms. The molecule has 0 aromatic carbocycles. The SMILES string of the molecule is CCCCCCCCCCCCCCCCCCCCCCCC(=O)OC[C@H](COP(=O)(O)OC[C@@H](O)COP(=O)(O)OC[C@@H](COC(=O)CCCCCCCCC)OC(=O)CCCCCCCCC)OC(=O)CCCCCCCCCCCCCCCCCCCCC(C)C. The van der Waals surface area contributed by atoms with Gasteiger partial charge in [-0.1, -0.05) is 356 Å². The van der Waals surface area contributed by atoms with Crippen molar-refractivity contribution < 1.29 is 80.2 Å². The third kappa shape index (κ3) is 70.5. The number of phosphoric ester groups is 2. The zero-order valence-electron chi connectivity index (χ0n) is 62.5. The number of carbonyl (C=O) groups is 4. The highest BCUT2D eigenvalue weighted by Gasteiger charge is 2.30. The van der Waals surface area contributed by atoms with Crippen molar-refractivity contribution in [2.24, 2.45) is 5.92 Å². The summed E-state index contributed by atoms with van der Waals surface area (Å²) in [5.74, 6) is -1.30. The molecule has 0 saturated carbocycles. The molecule has 19 heteroatoms. The van der Waals surface area contributed by atoms with Crippen molar-refractivity contribution in [3.63, 3.8) is 0 Å². The van der Waals surface area contributed by atoms with Crippen LogP contribution < -0.4 is 0 Å². The molecule has 0 rings (SSSR count). The summed E-state index contributed by atoms with van der Waals surface area (Å²) in [6, 6.07) is 0. The Kier molecular flexibility index (Phi) is 68.7. The van der Waals surface area contributed by atoms with E-state index in [2.05, 4.69) is 34.6 Å². The highest BCUT2D eigenvalue weighted by atomic mass is 31.2. The summed E-state index contributed by atoms with van der Waals surface area (Å²) >= 11 is 0. The first-order valence-corrected chi connectivity index (χ1v) is 43.1. The Balaban J connectivity index is 5.08. The first kappa shape index (κ1) is 94.1. The minimum absolute atomic E-state index is 0.104. The number of ether oxygens (including phenoxy) is 4. The maximum atomic E-state index is 13.1. The molecule has 0 saturated heterocycles. The monoisotopic (exact) mass is 1410 g/mol. The van der Waals surface area contributed by atoms with E-state index in [4.69, 9.17) is 37.0 Å². The summed E-state index contributed by atoms with van der Waals surface area (Å²) in [4.78, 5) is 72.5. The van der Waals surface area contributed by atoms with Gasteiger partial charge in [0.05, 0.1) is 26.4 Å². The molecule has 0 radical (unpaired) electrons. The van der Waals surface area contributed by atoms with E-state index in [-0.39, 0.29) is 25.7 Å². The largest absolute Gasteiger partial charge is 0.472 e. The second kappa shape index (κ2) is 70.1. The van der Waals surface area contributed by atoms with E-state index in [1.165, 1.54) is 205 Å². The molecule has 3 N–H and O–H groups in total. The van der Waals surface area contributed by atoms with Crippen molar-refractivity contribution in [1.82, 2.24) is 0 Å². The number of aliphatic hydroxyl groups excluding tert-OH is 1. The van der Waals surface area contributed by atoms with E-state index < -0.39 is 97.5 Å². The van der Waals surface area contributed by atoms with E-state index in [0.29, 0.717) is 25.7 Å². The molecule has 0 heterocycles. The third-order valence-corrected chi connectivity index (χ3v) is 19.9. The number of esters is 4. The molecule has 0 aliphatic carbocycles. The first-order valence-electron chi connectivity index (χ1n) is 40.1. The lowest BCUT2D eigenvalue weighted by atomic mass is 10.0. The van der Waals surface area contributed by atoms with Crippen molar-refractivity contribution in [3.8, 4) is 0 Å². The minimum atomic E-state index is -4.96. The molecule has 0 aromatic heterocycles. The van der Waals surface area contributed by atoms with E-state index in [1.807, 2.05) is 0 Å². The predicted molar refractivity (Wildman–Crippen MR) is 391 cm³/mol. The van der Waals surface area contributed by atoms with Crippen molar-refractivity contribution in [3.05, 3.63) is 0 Å². The summed E-state index contributed by atoms with van der Waals surface area (Å²) in [7, 11) is -9.90. The maximum Gasteiger partial charge on any atom is 0.472 e. The van der Waals surface area contributed by atoms with Gasteiger partial charge in [-0.15, -0.1) is 0 Å². The number of aliphatic hydroxyl groups is 1. The first-order chi connectivity index (χ1) is 46.5. The predicted octanol–water partition coefficient (Wildman–Crippen LogP) is 22.9. The van der Waals surface area contributed by atoms with Crippen LogP contribution in [0.4, 0.5) is 0 Å². The van der Waals surface area contributed by atoms with Crippen LogP contribution in [0.1, 0.15) is 407 Å². The second-order valence-corrected chi connectivity index (χ2v) is 31.1. The fourth-order valence-electron chi connectivity index (χ4n) is 11.9. The summed E-state index contributed by atoms with van der Waals surface area (Å²) in [5.41, 5.74) is 0. The molecular formula is C77H150O17P2. The summed E-state index contributed by atoms with van der Waals surface area (Å²) in [6.07, 6.45) is 60.3. The van der Waals surface area contributed by atoms with Gasteiger partial charge in [0.2, 0.25) is 0 Å². The minimum Gasteiger partial charge on any atom is -0.462 e. The fraction of sp³-hybridized carbons (Fsp3) is 0.948. The number of hydrogen-bond acceptors (Lipinski definition) is 15. The summed E-state index contributed by atoms with van der Waals surface area (Å²) < 4.78 is 68.2. The van der Waals surface area contributed by atoms with Gasteiger partial charge in [-0.05, 0) is 31.6 Å². The van der Waals surface area contributed by atoms with Gasteiger partial charge in [-0.2, -0.15) is 0 Å². The lowest BCUT2D eigenvalue weighted by Crippen LogP contribution is -2.30. The summed E-state index contributed by atoms with van der Waals surface area (Å²) in [6.45, 7) is 7.24. The van der Waals surface area contributed by atoms with E-state index >= 15 is 0 Å². The topological polar surface area (TPSA) is 237 Å². The van der Waals surface area contributed by atoms with Crippen LogP contribution >= 0.6 is 15.6 Å². The average Bonchev–Trinajstić information content (AvgIpc) is 1.61. The lowest BCUT2D eigenvalue weighted by molar-refractivity contribution is -0.161. The van der Waals surface area contributed by atoms with Gasteiger partial charge in [0.15, 0.2) is 12.2 Å². The molecule has 0 amide bonds. The number of phosphoric acid groups is 2. The zero-order chi connectivity index (χ0) is 70.5. The molecule has 570 valence electrons. The Bertz CT molecular complexity index is 1840. The van der Waals surface area contributed by atoms with Gasteiger partial charge in [-0.25, -0.2) is 9.13 Å². The standard InChI is InChI=1S/C77H150O17P2/c1-6-9-12-15-18-19-20-21-22-23-24-25-26-30-33-36-39-42-47-51-56-61-75(80)88-67-73(94-77(82)63-58-53-48-43-40-37-34-31-28-27-29-32-35-38-41-46-49-54-59-70(4)5)69-92-96(85,86)90-65-71(78)64-89-95(83,84)91-68-72(93-76(81)62-57-52-45-17-14-11-8-3)66-87-74(79)60-55-50-44-16-13-10-7-2/h70-73,78H,6-69H2,1-5H3,(H,83,84)(H,85,86)/t71-,72+,73+/m0/s1. The molecule has 0 aliphatic rings. The van der Waals surface area contributed by atoms with Gasteiger partial charge in [-0.3, -0.25) is 37.3 Å². The van der Waals surface area contributed by atoms with Gasteiger partial charge < -0.3 is 33.8 Å². The number of hydrogen-bond donors (Lipinski definition) is 3. The van der Waals surface area contributed by atoms with Crippen molar-refractivity contribution in [1.29, 1.82) is 0 Å². The molecule has 17 nitrogen and oxygen atoms in total. The van der Waals surface area contributed by atoms with Crippen molar-refractivity contribution in [2.75, 3.05) is 39.6 Å². The number of carbonyl (C=O) groups excluding carboxylic acids is 4. The maximum absolute atomic E-state index is 13.1. The molecule has 0 bridgehead atoms. The average molecular weight is 1410 g/mol. The van der Waals surface area contributed by atoms with Crippen LogP contribution in [0.25, 0.3) is 0 Å². The Morgan fingerprint density at radius 1 is 0.281 bits per heavy atom. The quantitative estimate of drug-likeness (QED) is 0.0222. The smallest absolute Gasteiger partial charge is 0.462 e.